The summed E-state index contributed by atoms with van der Waals surface area (Å²) in [5.74, 6) is -4.09. The summed E-state index contributed by atoms with van der Waals surface area (Å²) in [6.07, 6.45) is -0.888. The van der Waals surface area contributed by atoms with Crippen LogP contribution in [0.5, 0.6) is 0 Å². The van der Waals surface area contributed by atoms with Crippen molar-refractivity contribution in [3.8, 4) is 11.1 Å². The first-order chi connectivity index (χ1) is 11.0. The summed E-state index contributed by atoms with van der Waals surface area (Å²) < 4.78 is 65.4. The molecule has 2 aromatic carbocycles. The van der Waals surface area contributed by atoms with Gasteiger partial charge in [-0.15, -0.1) is 0 Å². The van der Waals surface area contributed by atoms with E-state index >= 15 is 0 Å². The van der Waals surface area contributed by atoms with Crippen molar-refractivity contribution in [1.82, 2.24) is 0 Å². The molecule has 2 aromatic rings. The van der Waals surface area contributed by atoms with Crippen LogP contribution in [0.4, 0.5) is 17.6 Å². The standard InChI is InChI=1S/C16H12F4O2S/c17-11-2-1-8(3-12(11)18)15-13(19)4-9(5-14(15)20)16-21-6-10(23)7-22-16/h1-5,10,16,23H,6-7H2. The van der Waals surface area contributed by atoms with Crippen molar-refractivity contribution < 1.29 is 27.0 Å². The molecule has 0 N–H and O–H groups in total. The molecule has 122 valence electrons. The third-order valence-corrected chi connectivity index (χ3v) is 3.72. The second-order valence-electron chi connectivity index (χ2n) is 5.14. The highest BCUT2D eigenvalue weighted by molar-refractivity contribution is 7.81. The normalized spacial score (nSPS) is 21.4. The third kappa shape index (κ3) is 3.36. The lowest BCUT2D eigenvalue weighted by molar-refractivity contribution is -0.179. The summed E-state index contributed by atoms with van der Waals surface area (Å²) in [5, 5.41) is -0.0950. The molecule has 0 atom stereocenters. The van der Waals surface area contributed by atoms with E-state index in [1.165, 1.54) is 0 Å². The van der Waals surface area contributed by atoms with Gasteiger partial charge < -0.3 is 9.47 Å². The molecule has 0 radical (unpaired) electrons. The van der Waals surface area contributed by atoms with Crippen LogP contribution in [-0.2, 0) is 9.47 Å². The molecule has 23 heavy (non-hydrogen) atoms. The molecule has 0 saturated carbocycles. The van der Waals surface area contributed by atoms with Gasteiger partial charge >= 0.3 is 0 Å². The van der Waals surface area contributed by atoms with Gasteiger partial charge in [0.2, 0.25) is 0 Å². The second kappa shape index (κ2) is 6.51. The molecule has 3 rings (SSSR count). The van der Waals surface area contributed by atoms with Crippen LogP contribution in [0.1, 0.15) is 11.9 Å². The van der Waals surface area contributed by atoms with Crippen LogP contribution in [0, 0.1) is 23.3 Å². The molecule has 0 bridgehead atoms. The van der Waals surface area contributed by atoms with Crippen LogP contribution in [0.15, 0.2) is 30.3 Å². The van der Waals surface area contributed by atoms with Gasteiger partial charge in [-0.2, -0.15) is 12.6 Å². The molecule has 0 aliphatic carbocycles. The number of hydrogen-bond donors (Lipinski definition) is 1. The molecule has 0 unspecified atom stereocenters. The summed E-state index contributed by atoms with van der Waals surface area (Å²) in [7, 11) is 0. The molecule has 0 spiro atoms. The average molecular weight is 344 g/mol. The van der Waals surface area contributed by atoms with Crippen molar-refractivity contribution in [2.75, 3.05) is 13.2 Å². The number of halogens is 4. The monoisotopic (exact) mass is 344 g/mol. The summed E-state index contributed by atoms with van der Waals surface area (Å²) in [4.78, 5) is 0. The largest absolute Gasteiger partial charge is 0.347 e. The van der Waals surface area contributed by atoms with Crippen LogP contribution in [0.2, 0.25) is 0 Å². The number of thiol groups is 1. The zero-order valence-corrected chi connectivity index (χ0v) is 12.6. The second-order valence-corrected chi connectivity index (χ2v) is 5.87. The van der Waals surface area contributed by atoms with Crippen molar-refractivity contribution in [2.45, 2.75) is 11.5 Å². The Balaban J connectivity index is 1.95. The quantitative estimate of drug-likeness (QED) is 0.648. The lowest BCUT2D eigenvalue weighted by Gasteiger charge is -2.27. The maximum absolute atomic E-state index is 14.3. The minimum atomic E-state index is -1.18. The maximum Gasteiger partial charge on any atom is 0.184 e. The van der Waals surface area contributed by atoms with Gasteiger partial charge in [0.1, 0.15) is 11.6 Å². The molecule has 0 aromatic heterocycles. The Morgan fingerprint density at radius 2 is 1.43 bits per heavy atom. The predicted molar refractivity (Wildman–Crippen MR) is 79.1 cm³/mol. The van der Waals surface area contributed by atoms with Gasteiger partial charge in [-0.1, -0.05) is 6.07 Å². The lowest BCUT2D eigenvalue weighted by atomic mass is 10.0. The number of ether oxygens (including phenoxy) is 2. The minimum absolute atomic E-state index is 0.0913. The van der Waals surface area contributed by atoms with Gasteiger partial charge in [0.05, 0.1) is 18.8 Å². The molecule has 2 nitrogen and oxygen atoms in total. The molecule has 0 amide bonds. The van der Waals surface area contributed by atoms with Gasteiger partial charge in [-0.05, 0) is 29.8 Å². The van der Waals surface area contributed by atoms with Crippen molar-refractivity contribution in [3.63, 3.8) is 0 Å². The molecule has 1 aliphatic rings. The first-order valence-corrected chi connectivity index (χ1v) is 7.33. The first-order valence-electron chi connectivity index (χ1n) is 6.81. The van der Waals surface area contributed by atoms with Crippen molar-refractivity contribution in [2.24, 2.45) is 0 Å². The fourth-order valence-electron chi connectivity index (χ4n) is 2.34. The predicted octanol–water partition coefficient (Wildman–Crippen LogP) is 4.25. The molecular weight excluding hydrogens is 332 g/mol. The zero-order chi connectivity index (χ0) is 16.6. The van der Waals surface area contributed by atoms with Crippen LogP contribution in [0.25, 0.3) is 11.1 Å². The van der Waals surface area contributed by atoms with E-state index in [4.69, 9.17) is 9.47 Å². The van der Waals surface area contributed by atoms with Crippen LogP contribution in [0.3, 0.4) is 0 Å². The first kappa shape index (κ1) is 16.3. The highest BCUT2D eigenvalue weighted by Gasteiger charge is 2.24. The molecule has 1 fully saturated rings. The third-order valence-electron chi connectivity index (χ3n) is 3.42. The Morgan fingerprint density at radius 1 is 0.826 bits per heavy atom. The summed E-state index contributed by atoms with van der Waals surface area (Å²) in [6, 6.07) is 4.79. The van der Waals surface area contributed by atoms with Crippen LogP contribution < -0.4 is 0 Å². The number of hydrogen-bond acceptors (Lipinski definition) is 3. The van der Waals surface area contributed by atoms with Gasteiger partial charge in [0.25, 0.3) is 0 Å². The molecule has 1 aliphatic heterocycles. The zero-order valence-electron chi connectivity index (χ0n) is 11.7. The van der Waals surface area contributed by atoms with Crippen molar-refractivity contribution >= 4 is 12.6 Å². The summed E-state index contributed by atoms with van der Waals surface area (Å²) >= 11 is 4.17. The Morgan fingerprint density at radius 3 is 2.00 bits per heavy atom. The van der Waals surface area contributed by atoms with E-state index in [0.717, 1.165) is 30.3 Å². The van der Waals surface area contributed by atoms with E-state index in [0.29, 0.717) is 13.2 Å². The van der Waals surface area contributed by atoms with Crippen LogP contribution in [-0.4, -0.2) is 18.5 Å². The van der Waals surface area contributed by atoms with Crippen LogP contribution >= 0.6 is 12.6 Å². The Labute approximate surface area is 135 Å². The fourth-order valence-corrected chi connectivity index (χ4v) is 2.51. The maximum atomic E-state index is 14.3. The van der Waals surface area contributed by atoms with Crippen molar-refractivity contribution in [1.29, 1.82) is 0 Å². The van der Waals surface area contributed by atoms with E-state index in [1.54, 1.807) is 0 Å². The highest BCUT2D eigenvalue weighted by Crippen LogP contribution is 2.32. The van der Waals surface area contributed by atoms with E-state index in [9.17, 15) is 17.6 Å². The van der Waals surface area contributed by atoms with E-state index in [2.05, 4.69) is 12.6 Å². The van der Waals surface area contributed by atoms with Gasteiger partial charge in [0, 0.05) is 10.8 Å². The Kier molecular flexibility index (Phi) is 4.61. The number of benzene rings is 2. The molecule has 7 heteroatoms. The molecular formula is C16H12F4O2S. The smallest absolute Gasteiger partial charge is 0.184 e. The Hall–Kier alpha value is -1.57. The van der Waals surface area contributed by atoms with Gasteiger partial charge in [0.15, 0.2) is 17.9 Å². The van der Waals surface area contributed by atoms with E-state index in [-0.39, 0.29) is 16.4 Å². The number of rotatable bonds is 2. The minimum Gasteiger partial charge on any atom is -0.347 e. The van der Waals surface area contributed by atoms with Gasteiger partial charge in [-0.25, -0.2) is 17.6 Å². The molecule has 1 heterocycles. The summed E-state index contributed by atoms with van der Waals surface area (Å²) in [5.41, 5.74) is -0.353. The Bertz CT molecular complexity index is 707. The fraction of sp³-hybridized carbons (Fsp3) is 0.250. The SMILES string of the molecule is Fc1ccc(-c2c(F)cc(C3OCC(S)CO3)cc2F)cc1F. The summed E-state index contributed by atoms with van der Waals surface area (Å²) in [6.45, 7) is 0.587. The van der Waals surface area contributed by atoms with Crippen molar-refractivity contribution in [3.05, 3.63) is 59.2 Å². The molecule has 1 saturated heterocycles. The lowest BCUT2D eigenvalue weighted by Crippen LogP contribution is -2.27. The average Bonchev–Trinajstić information content (AvgIpc) is 2.51. The van der Waals surface area contributed by atoms with E-state index in [1.807, 2.05) is 0 Å². The van der Waals surface area contributed by atoms with E-state index < -0.39 is 35.1 Å². The van der Waals surface area contributed by atoms with Gasteiger partial charge in [-0.3, -0.25) is 0 Å². The highest BCUT2D eigenvalue weighted by atomic mass is 32.1. The topological polar surface area (TPSA) is 18.5 Å².